The Morgan fingerprint density at radius 2 is 1.85 bits per heavy atom. The van der Waals surface area contributed by atoms with Gasteiger partial charge in [-0.2, -0.15) is 0 Å². The van der Waals surface area contributed by atoms with Gasteiger partial charge in [0.1, 0.15) is 11.6 Å². The zero-order valence-electron chi connectivity index (χ0n) is 13.8. The summed E-state index contributed by atoms with van der Waals surface area (Å²) in [4.78, 5) is 45.6. The maximum atomic E-state index is 12.0. The maximum absolute atomic E-state index is 12.0. The minimum Gasteiger partial charge on any atom is -0.446 e. The molecule has 0 spiro atoms. The third-order valence-electron chi connectivity index (χ3n) is 3.41. The van der Waals surface area contributed by atoms with E-state index < -0.39 is 41.0 Å². The highest BCUT2D eigenvalue weighted by Crippen LogP contribution is 2.25. The van der Waals surface area contributed by atoms with Gasteiger partial charge in [-0.3, -0.25) is 24.5 Å². The van der Waals surface area contributed by atoms with E-state index in [9.17, 15) is 24.5 Å². The average Bonchev–Trinajstić information content (AvgIpc) is 2.64. The van der Waals surface area contributed by atoms with E-state index in [2.05, 4.69) is 5.32 Å². The summed E-state index contributed by atoms with van der Waals surface area (Å²) in [5.41, 5.74) is 5.13. The lowest BCUT2D eigenvalue weighted by Gasteiger charge is -2.15. The van der Waals surface area contributed by atoms with Crippen LogP contribution in [0.3, 0.4) is 0 Å². The molecule has 2 aromatic carbocycles. The van der Waals surface area contributed by atoms with E-state index >= 15 is 0 Å². The summed E-state index contributed by atoms with van der Waals surface area (Å²) >= 11 is 5.68. The minimum absolute atomic E-state index is 0.0617. The van der Waals surface area contributed by atoms with Crippen LogP contribution in [0.5, 0.6) is 0 Å². The molecule has 0 aliphatic rings. The van der Waals surface area contributed by atoms with Crippen molar-refractivity contribution in [3.8, 4) is 0 Å². The summed E-state index contributed by atoms with van der Waals surface area (Å²) < 4.78 is 5.01. The zero-order chi connectivity index (χ0) is 20.0. The topological polar surface area (TPSA) is 142 Å². The number of carbonyl (C=O) groups is 3. The number of benzene rings is 2. The van der Waals surface area contributed by atoms with Gasteiger partial charge in [0.2, 0.25) is 6.10 Å². The van der Waals surface area contributed by atoms with E-state index in [1.807, 2.05) is 0 Å². The van der Waals surface area contributed by atoms with Crippen LogP contribution in [0.15, 0.2) is 48.5 Å². The number of hydrogen-bond donors (Lipinski definition) is 2. The van der Waals surface area contributed by atoms with E-state index in [1.165, 1.54) is 12.1 Å². The Bertz CT molecular complexity index is 887. The monoisotopic (exact) mass is 391 g/mol. The number of amides is 2. The van der Waals surface area contributed by atoms with Crippen molar-refractivity contribution in [1.82, 2.24) is 5.32 Å². The Labute approximate surface area is 158 Å². The molecule has 0 aliphatic heterocycles. The molecule has 3 N–H and O–H groups in total. The SMILES string of the molecule is NC(=O)C(OC(=O)CNC(=O)c1ccc(Cl)c([N+](=O)[O-])c1)c1ccccc1. The molecule has 0 saturated heterocycles. The Morgan fingerprint density at radius 1 is 1.19 bits per heavy atom. The smallest absolute Gasteiger partial charge is 0.326 e. The van der Waals surface area contributed by atoms with Gasteiger partial charge in [-0.15, -0.1) is 0 Å². The number of nitro groups is 1. The van der Waals surface area contributed by atoms with E-state index in [1.54, 1.807) is 30.3 Å². The number of nitrogens with two attached hydrogens (primary N) is 1. The largest absolute Gasteiger partial charge is 0.446 e. The number of halogens is 1. The highest BCUT2D eigenvalue weighted by molar-refractivity contribution is 6.32. The van der Waals surface area contributed by atoms with Gasteiger partial charge in [0.25, 0.3) is 17.5 Å². The van der Waals surface area contributed by atoms with Crippen molar-refractivity contribution >= 4 is 35.1 Å². The van der Waals surface area contributed by atoms with Crippen LogP contribution in [0.2, 0.25) is 5.02 Å². The molecule has 2 rings (SSSR count). The number of ether oxygens (including phenoxy) is 1. The van der Waals surface area contributed by atoms with Crippen LogP contribution in [-0.4, -0.2) is 29.3 Å². The second-order valence-corrected chi connectivity index (χ2v) is 5.70. The fraction of sp³-hybridized carbons (Fsp3) is 0.118. The van der Waals surface area contributed by atoms with Gasteiger partial charge in [-0.1, -0.05) is 41.9 Å². The van der Waals surface area contributed by atoms with Gasteiger partial charge in [0, 0.05) is 17.2 Å². The van der Waals surface area contributed by atoms with Crippen molar-refractivity contribution in [2.75, 3.05) is 6.54 Å². The predicted molar refractivity (Wildman–Crippen MR) is 94.9 cm³/mol. The molecule has 0 bridgehead atoms. The van der Waals surface area contributed by atoms with Gasteiger partial charge < -0.3 is 15.8 Å². The molecule has 0 fully saturated rings. The first-order chi connectivity index (χ1) is 12.8. The Kier molecular flexibility index (Phi) is 6.45. The summed E-state index contributed by atoms with van der Waals surface area (Å²) in [5.74, 6) is -2.52. The van der Waals surface area contributed by atoms with Crippen LogP contribution < -0.4 is 11.1 Å². The molecule has 0 heterocycles. The predicted octanol–water partition coefficient (Wildman–Crippen LogP) is 1.75. The lowest BCUT2D eigenvalue weighted by molar-refractivity contribution is -0.384. The van der Waals surface area contributed by atoms with Crippen molar-refractivity contribution in [2.24, 2.45) is 5.73 Å². The molecular weight excluding hydrogens is 378 g/mol. The molecule has 2 amide bonds. The normalized spacial score (nSPS) is 11.3. The summed E-state index contributed by atoms with van der Waals surface area (Å²) in [6, 6.07) is 11.6. The molecule has 0 aliphatic carbocycles. The van der Waals surface area contributed by atoms with Crippen LogP contribution >= 0.6 is 11.6 Å². The highest BCUT2D eigenvalue weighted by Gasteiger charge is 2.23. The first kappa shape index (κ1) is 19.9. The van der Waals surface area contributed by atoms with Gasteiger partial charge in [0.05, 0.1) is 4.92 Å². The minimum atomic E-state index is -1.30. The molecule has 9 nitrogen and oxygen atoms in total. The van der Waals surface area contributed by atoms with Gasteiger partial charge in [-0.25, -0.2) is 0 Å². The number of esters is 1. The molecule has 140 valence electrons. The molecule has 10 heteroatoms. The van der Waals surface area contributed by atoms with Crippen molar-refractivity contribution in [2.45, 2.75) is 6.10 Å². The first-order valence-corrected chi connectivity index (χ1v) is 7.93. The summed E-state index contributed by atoms with van der Waals surface area (Å²) in [7, 11) is 0. The molecule has 0 aromatic heterocycles. The van der Waals surface area contributed by atoms with Crippen molar-refractivity contribution in [1.29, 1.82) is 0 Å². The van der Waals surface area contributed by atoms with Crippen LogP contribution in [0, 0.1) is 10.1 Å². The van der Waals surface area contributed by atoms with E-state index in [-0.39, 0.29) is 10.6 Å². The lowest BCUT2D eigenvalue weighted by Crippen LogP contribution is -2.33. The van der Waals surface area contributed by atoms with Crippen LogP contribution in [0.25, 0.3) is 0 Å². The summed E-state index contributed by atoms with van der Waals surface area (Å²) in [5, 5.41) is 13.0. The third kappa shape index (κ3) is 5.25. The molecule has 27 heavy (non-hydrogen) atoms. The fourth-order valence-corrected chi connectivity index (χ4v) is 2.33. The Balaban J connectivity index is 2.00. The van der Waals surface area contributed by atoms with Crippen LogP contribution in [0.4, 0.5) is 5.69 Å². The summed E-state index contributed by atoms with van der Waals surface area (Å²) in [6.45, 7) is -0.564. The number of nitro benzene ring substituents is 1. The van der Waals surface area contributed by atoms with E-state index in [0.717, 1.165) is 6.07 Å². The van der Waals surface area contributed by atoms with Gasteiger partial charge in [0.15, 0.2) is 0 Å². The molecular formula is C17H14ClN3O6. The quantitative estimate of drug-likeness (QED) is 0.418. The van der Waals surface area contributed by atoms with E-state index in [4.69, 9.17) is 22.1 Å². The van der Waals surface area contributed by atoms with E-state index in [0.29, 0.717) is 5.56 Å². The van der Waals surface area contributed by atoms with Crippen molar-refractivity contribution in [3.05, 3.63) is 74.8 Å². The molecule has 0 saturated carbocycles. The van der Waals surface area contributed by atoms with Crippen molar-refractivity contribution in [3.63, 3.8) is 0 Å². The summed E-state index contributed by atoms with van der Waals surface area (Å²) in [6.07, 6.45) is -1.30. The number of rotatable bonds is 7. The molecule has 1 atom stereocenters. The number of carbonyl (C=O) groups excluding carboxylic acids is 3. The number of nitrogens with one attached hydrogen (secondary N) is 1. The van der Waals surface area contributed by atoms with Crippen LogP contribution in [-0.2, 0) is 14.3 Å². The second kappa shape index (κ2) is 8.77. The Morgan fingerprint density at radius 3 is 2.44 bits per heavy atom. The third-order valence-corrected chi connectivity index (χ3v) is 3.73. The molecule has 1 unspecified atom stereocenters. The van der Waals surface area contributed by atoms with Crippen molar-refractivity contribution < 1.29 is 24.0 Å². The first-order valence-electron chi connectivity index (χ1n) is 7.55. The number of hydrogen-bond acceptors (Lipinski definition) is 6. The fourth-order valence-electron chi connectivity index (χ4n) is 2.14. The lowest BCUT2D eigenvalue weighted by atomic mass is 10.1. The zero-order valence-corrected chi connectivity index (χ0v) is 14.5. The molecule has 2 aromatic rings. The number of nitrogens with zero attached hydrogens (tertiary/aromatic N) is 1. The average molecular weight is 392 g/mol. The Hall–Kier alpha value is -3.46. The number of primary amides is 1. The standard InChI is InChI=1S/C17H14ClN3O6/c18-12-7-6-11(8-13(12)21(25)26)17(24)20-9-14(22)27-15(16(19)23)10-4-2-1-3-5-10/h1-8,15H,9H2,(H2,19,23)(H,20,24). The highest BCUT2D eigenvalue weighted by atomic mass is 35.5. The van der Waals surface area contributed by atoms with Crippen LogP contribution in [0.1, 0.15) is 22.0 Å². The molecule has 0 radical (unpaired) electrons. The van der Waals surface area contributed by atoms with Gasteiger partial charge in [-0.05, 0) is 12.1 Å². The van der Waals surface area contributed by atoms with Gasteiger partial charge >= 0.3 is 5.97 Å². The maximum Gasteiger partial charge on any atom is 0.326 e. The second-order valence-electron chi connectivity index (χ2n) is 5.29.